The van der Waals surface area contributed by atoms with Crippen LogP contribution in [0.2, 0.25) is 0 Å². The van der Waals surface area contributed by atoms with Gasteiger partial charge < -0.3 is 10.2 Å². The zero-order chi connectivity index (χ0) is 16.8. The highest BCUT2D eigenvalue weighted by Crippen LogP contribution is 2.37. The minimum Gasteiger partial charge on any atom is -0.327 e. The second-order valence-corrected chi connectivity index (χ2v) is 5.70. The Morgan fingerprint density at radius 1 is 1.13 bits per heavy atom. The standard InChI is InChI=1S/C16H15F3N2O2/c1-21-11-3-2-4-12(22)13(11)14(20-15(21)23)9-5-7-10(8-6-9)16(17,18)19/h5-8,14H,2-4H2,1H3,(H,20,23). The van der Waals surface area contributed by atoms with Crippen molar-refractivity contribution in [3.63, 3.8) is 0 Å². The number of hydrogen-bond acceptors (Lipinski definition) is 2. The summed E-state index contributed by atoms with van der Waals surface area (Å²) in [6.07, 6.45) is -2.74. The van der Waals surface area contributed by atoms with Gasteiger partial charge >= 0.3 is 12.2 Å². The lowest BCUT2D eigenvalue weighted by Gasteiger charge is -2.37. The molecular weight excluding hydrogens is 309 g/mol. The second-order valence-electron chi connectivity index (χ2n) is 5.70. The third kappa shape index (κ3) is 2.71. The maximum absolute atomic E-state index is 12.7. The monoisotopic (exact) mass is 324 g/mol. The molecule has 0 spiro atoms. The van der Waals surface area contributed by atoms with Gasteiger partial charge in [0.15, 0.2) is 5.78 Å². The molecule has 1 aliphatic heterocycles. The van der Waals surface area contributed by atoms with Crippen LogP contribution >= 0.6 is 0 Å². The van der Waals surface area contributed by atoms with Crippen LogP contribution in [-0.2, 0) is 11.0 Å². The summed E-state index contributed by atoms with van der Waals surface area (Å²) in [6.45, 7) is 0. The lowest BCUT2D eigenvalue weighted by molar-refractivity contribution is -0.137. The maximum atomic E-state index is 12.7. The summed E-state index contributed by atoms with van der Waals surface area (Å²) in [5.41, 5.74) is 0.861. The number of Topliss-reactive ketones (excluding diaryl/α,β-unsaturated/α-hetero) is 1. The molecule has 122 valence electrons. The number of hydrogen-bond donors (Lipinski definition) is 1. The van der Waals surface area contributed by atoms with Crippen LogP contribution in [0.15, 0.2) is 35.5 Å². The Balaban J connectivity index is 2.02. The first-order valence-corrected chi connectivity index (χ1v) is 7.26. The van der Waals surface area contributed by atoms with Gasteiger partial charge in [0.2, 0.25) is 0 Å². The summed E-state index contributed by atoms with van der Waals surface area (Å²) in [6, 6.07) is 3.50. The molecule has 0 bridgehead atoms. The molecule has 4 nitrogen and oxygen atoms in total. The average molecular weight is 324 g/mol. The summed E-state index contributed by atoms with van der Waals surface area (Å²) in [7, 11) is 1.59. The Kier molecular flexibility index (Phi) is 3.66. The largest absolute Gasteiger partial charge is 0.416 e. The number of halogens is 3. The van der Waals surface area contributed by atoms with Crippen LogP contribution in [0.25, 0.3) is 0 Å². The number of carbonyl (C=O) groups is 2. The van der Waals surface area contributed by atoms with E-state index in [1.54, 1.807) is 7.05 Å². The third-order valence-electron chi connectivity index (χ3n) is 4.27. The van der Waals surface area contributed by atoms with Gasteiger partial charge in [0.25, 0.3) is 0 Å². The molecule has 1 N–H and O–H groups in total. The van der Waals surface area contributed by atoms with Crippen molar-refractivity contribution < 1.29 is 22.8 Å². The minimum absolute atomic E-state index is 0.0667. The number of rotatable bonds is 1. The van der Waals surface area contributed by atoms with Gasteiger partial charge in [-0.1, -0.05) is 12.1 Å². The van der Waals surface area contributed by atoms with Gasteiger partial charge in [0.05, 0.1) is 11.6 Å². The zero-order valence-electron chi connectivity index (χ0n) is 12.4. The van der Waals surface area contributed by atoms with Crippen molar-refractivity contribution in [1.82, 2.24) is 10.2 Å². The number of urea groups is 1. The Morgan fingerprint density at radius 2 is 1.78 bits per heavy atom. The van der Waals surface area contributed by atoms with Crippen LogP contribution in [0.3, 0.4) is 0 Å². The first kappa shape index (κ1) is 15.6. The first-order valence-electron chi connectivity index (χ1n) is 7.26. The minimum atomic E-state index is -4.42. The summed E-state index contributed by atoms with van der Waals surface area (Å²) >= 11 is 0. The third-order valence-corrected chi connectivity index (χ3v) is 4.27. The van der Waals surface area contributed by atoms with Crippen LogP contribution in [0, 0.1) is 0 Å². The van der Waals surface area contributed by atoms with E-state index in [2.05, 4.69) is 5.32 Å². The van der Waals surface area contributed by atoms with Crippen molar-refractivity contribution >= 4 is 11.8 Å². The van der Waals surface area contributed by atoms with Gasteiger partial charge in [-0.25, -0.2) is 4.79 Å². The molecule has 0 saturated carbocycles. The van der Waals surface area contributed by atoms with Crippen molar-refractivity contribution in [3.8, 4) is 0 Å². The predicted octanol–water partition coefficient (Wildman–Crippen LogP) is 3.41. The van der Waals surface area contributed by atoms with Crippen LogP contribution in [0.1, 0.15) is 36.4 Å². The molecule has 0 aromatic heterocycles. The van der Waals surface area contributed by atoms with Gasteiger partial charge in [-0.15, -0.1) is 0 Å². The van der Waals surface area contributed by atoms with Gasteiger partial charge in [0, 0.05) is 24.7 Å². The van der Waals surface area contributed by atoms with E-state index >= 15 is 0 Å². The number of benzene rings is 1. The maximum Gasteiger partial charge on any atom is 0.416 e. The van der Waals surface area contributed by atoms with Crippen molar-refractivity contribution in [2.24, 2.45) is 0 Å². The molecule has 1 atom stereocenters. The molecule has 0 saturated heterocycles. The van der Waals surface area contributed by atoms with E-state index in [0.29, 0.717) is 36.1 Å². The number of amides is 2. The fraction of sp³-hybridized carbons (Fsp3) is 0.375. The average Bonchev–Trinajstić information content (AvgIpc) is 2.50. The highest BCUT2D eigenvalue weighted by Gasteiger charge is 2.37. The van der Waals surface area contributed by atoms with E-state index in [1.807, 2.05) is 0 Å². The molecule has 3 rings (SSSR count). The molecule has 0 radical (unpaired) electrons. The lowest BCUT2D eigenvalue weighted by atomic mass is 9.84. The molecule has 2 aliphatic rings. The molecule has 7 heteroatoms. The second kappa shape index (κ2) is 5.40. The van der Waals surface area contributed by atoms with Crippen LogP contribution in [-0.4, -0.2) is 23.8 Å². The Morgan fingerprint density at radius 3 is 2.39 bits per heavy atom. The number of nitrogens with zero attached hydrogens (tertiary/aromatic N) is 1. The summed E-state index contributed by atoms with van der Waals surface area (Å²) in [4.78, 5) is 25.7. The molecular formula is C16H15F3N2O2. The Hall–Kier alpha value is -2.31. The van der Waals surface area contributed by atoms with E-state index in [0.717, 1.165) is 12.1 Å². The summed E-state index contributed by atoms with van der Waals surface area (Å²) < 4.78 is 38.0. The SMILES string of the molecule is CN1C(=O)NC(c2ccc(C(F)(F)F)cc2)C2=C1CCCC2=O. The zero-order valence-corrected chi connectivity index (χ0v) is 12.4. The molecule has 1 aromatic carbocycles. The van der Waals surface area contributed by atoms with E-state index in [4.69, 9.17) is 0 Å². The predicted molar refractivity (Wildman–Crippen MR) is 76.4 cm³/mol. The fourth-order valence-electron chi connectivity index (χ4n) is 3.05. The molecule has 1 aliphatic carbocycles. The van der Waals surface area contributed by atoms with Crippen molar-refractivity contribution in [2.45, 2.75) is 31.5 Å². The quantitative estimate of drug-likeness (QED) is 0.860. The molecule has 1 aromatic rings. The van der Waals surface area contributed by atoms with Crippen LogP contribution < -0.4 is 5.32 Å². The summed E-state index contributed by atoms with van der Waals surface area (Å²) in [5.74, 6) is -0.0667. The first-order chi connectivity index (χ1) is 10.8. The Labute approximate surface area is 131 Å². The van der Waals surface area contributed by atoms with Crippen LogP contribution in [0.4, 0.5) is 18.0 Å². The highest BCUT2D eigenvalue weighted by molar-refractivity contribution is 6.00. The van der Waals surface area contributed by atoms with Gasteiger partial charge in [0.1, 0.15) is 0 Å². The molecule has 1 heterocycles. The number of nitrogens with one attached hydrogen (secondary N) is 1. The molecule has 2 amide bonds. The normalized spacial score (nSPS) is 22.1. The smallest absolute Gasteiger partial charge is 0.327 e. The number of ketones is 1. The van der Waals surface area contributed by atoms with E-state index in [-0.39, 0.29) is 11.8 Å². The van der Waals surface area contributed by atoms with E-state index < -0.39 is 17.8 Å². The highest BCUT2D eigenvalue weighted by atomic mass is 19.4. The van der Waals surface area contributed by atoms with Gasteiger partial charge in [-0.2, -0.15) is 13.2 Å². The van der Waals surface area contributed by atoms with Crippen molar-refractivity contribution in [1.29, 1.82) is 0 Å². The summed E-state index contributed by atoms with van der Waals surface area (Å²) in [5, 5.41) is 2.70. The van der Waals surface area contributed by atoms with Crippen molar-refractivity contribution in [3.05, 3.63) is 46.7 Å². The van der Waals surface area contributed by atoms with Gasteiger partial charge in [-0.3, -0.25) is 4.79 Å². The Bertz CT molecular complexity index is 692. The van der Waals surface area contributed by atoms with Crippen molar-refractivity contribution in [2.75, 3.05) is 7.05 Å². The molecule has 1 unspecified atom stereocenters. The molecule has 0 fully saturated rings. The number of alkyl halides is 3. The number of allylic oxidation sites excluding steroid dienone is 1. The number of carbonyl (C=O) groups excluding carboxylic acids is 2. The topological polar surface area (TPSA) is 49.4 Å². The lowest BCUT2D eigenvalue weighted by Crippen LogP contribution is -2.47. The van der Waals surface area contributed by atoms with Gasteiger partial charge in [-0.05, 0) is 30.5 Å². The van der Waals surface area contributed by atoms with Crippen LogP contribution in [0.5, 0.6) is 0 Å². The molecule has 23 heavy (non-hydrogen) atoms. The van der Waals surface area contributed by atoms with E-state index in [1.165, 1.54) is 17.0 Å². The fourth-order valence-corrected chi connectivity index (χ4v) is 3.05. The van der Waals surface area contributed by atoms with E-state index in [9.17, 15) is 22.8 Å².